The molecule has 0 saturated heterocycles. The Balaban J connectivity index is 2.05. The van der Waals surface area contributed by atoms with Crippen molar-refractivity contribution in [3.63, 3.8) is 0 Å². The zero-order valence-electron chi connectivity index (χ0n) is 9.90. The van der Waals surface area contributed by atoms with E-state index in [1.54, 1.807) is 30.3 Å². The normalized spacial score (nSPS) is 10.2. The highest BCUT2D eigenvalue weighted by Crippen LogP contribution is 2.21. The quantitative estimate of drug-likeness (QED) is 0.677. The van der Waals surface area contributed by atoms with E-state index < -0.39 is 5.97 Å². The van der Waals surface area contributed by atoms with Crippen molar-refractivity contribution >= 4 is 39.2 Å². The molecule has 19 heavy (non-hydrogen) atoms. The van der Waals surface area contributed by atoms with E-state index in [4.69, 9.17) is 22.1 Å². The molecule has 0 heterocycles. The van der Waals surface area contributed by atoms with Gasteiger partial charge in [-0.3, -0.25) is 0 Å². The fourth-order valence-corrected chi connectivity index (χ4v) is 2.04. The summed E-state index contributed by atoms with van der Waals surface area (Å²) in [5.74, 6) is -0.422. The average molecular weight is 341 g/mol. The monoisotopic (exact) mass is 339 g/mol. The lowest BCUT2D eigenvalue weighted by atomic mass is 10.2. The van der Waals surface area contributed by atoms with Crippen LogP contribution in [0, 0.1) is 0 Å². The van der Waals surface area contributed by atoms with E-state index in [1.165, 1.54) is 0 Å². The minimum Gasteiger partial charge on any atom is -0.457 e. The van der Waals surface area contributed by atoms with Gasteiger partial charge in [0, 0.05) is 15.2 Å². The van der Waals surface area contributed by atoms with Crippen LogP contribution < -0.4 is 5.73 Å². The van der Waals surface area contributed by atoms with Gasteiger partial charge < -0.3 is 10.5 Å². The third kappa shape index (κ3) is 3.72. The van der Waals surface area contributed by atoms with E-state index in [2.05, 4.69) is 15.9 Å². The molecular weight excluding hydrogens is 330 g/mol. The van der Waals surface area contributed by atoms with E-state index in [1.807, 2.05) is 12.1 Å². The molecule has 0 unspecified atom stereocenters. The van der Waals surface area contributed by atoms with Crippen molar-refractivity contribution < 1.29 is 9.53 Å². The molecule has 0 aliphatic rings. The Morgan fingerprint density at radius 1 is 1.21 bits per heavy atom. The van der Waals surface area contributed by atoms with Crippen molar-refractivity contribution in [3.05, 3.63) is 63.1 Å². The third-order valence-electron chi connectivity index (χ3n) is 2.49. The lowest BCUT2D eigenvalue weighted by molar-refractivity contribution is 0.0471. The van der Waals surface area contributed by atoms with Gasteiger partial charge in [0.1, 0.15) is 6.61 Å². The van der Waals surface area contributed by atoms with Crippen LogP contribution in [0.3, 0.4) is 0 Å². The number of nitrogens with two attached hydrogens (primary N) is 1. The van der Waals surface area contributed by atoms with Gasteiger partial charge in [-0.2, -0.15) is 0 Å². The molecule has 5 heteroatoms. The molecule has 0 fully saturated rings. The summed E-state index contributed by atoms with van der Waals surface area (Å²) in [6, 6.07) is 12.1. The van der Waals surface area contributed by atoms with Crippen molar-refractivity contribution in [3.8, 4) is 0 Å². The highest BCUT2D eigenvalue weighted by molar-refractivity contribution is 9.10. The number of carbonyl (C=O) groups is 1. The largest absolute Gasteiger partial charge is 0.457 e. The molecule has 2 rings (SSSR count). The van der Waals surface area contributed by atoms with Crippen LogP contribution in [-0.4, -0.2) is 5.97 Å². The minimum atomic E-state index is -0.422. The second kappa shape index (κ2) is 6.08. The van der Waals surface area contributed by atoms with Gasteiger partial charge in [0.15, 0.2) is 0 Å². The summed E-state index contributed by atoms with van der Waals surface area (Å²) in [6.45, 7) is 0.192. The molecule has 2 aromatic rings. The second-order valence-corrected chi connectivity index (χ2v) is 5.23. The van der Waals surface area contributed by atoms with E-state index in [9.17, 15) is 4.79 Å². The predicted molar refractivity (Wildman–Crippen MR) is 79.1 cm³/mol. The summed E-state index contributed by atoms with van der Waals surface area (Å²) in [7, 11) is 0. The second-order valence-electron chi connectivity index (χ2n) is 3.94. The Morgan fingerprint density at radius 2 is 1.89 bits per heavy atom. The molecule has 0 amide bonds. The van der Waals surface area contributed by atoms with E-state index in [0.29, 0.717) is 20.7 Å². The third-order valence-corrected chi connectivity index (χ3v) is 3.44. The number of nitrogen functional groups attached to an aromatic ring is 1. The fourth-order valence-electron chi connectivity index (χ4n) is 1.51. The van der Waals surface area contributed by atoms with E-state index >= 15 is 0 Å². The highest BCUT2D eigenvalue weighted by Gasteiger charge is 2.12. The number of hydrogen-bond acceptors (Lipinski definition) is 3. The fraction of sp³-hybridized carbons (Fsp3) is 0.0714. The van der Waals surface area contributed by atoms with E-state index in [-0.39, 0.29) is 6.61 Å². The van der Waals surface area contributed by atoms with Crippen LogP contribution in [0.4, 0.5) is 5.69 Å². The van der Waals surface area contributed by atoms with Gasteiger partial charge in [-0.05, 0) is 51.8 Å². The zero-order valence-corrected chi connectivity index (χ0v) is 12.2. The van der Waals surface area contributed by atoms with Crippen molar-refractivity contribution in [1.82, 2.24) is 0 Å². The number of halogens is 2. The first-order chi connectivity index (χ1) is 9.06. The van der Waals surface area contributed by atoms with Crippen LogP contribution in [0.5, 0.6) is 0 Å². The number of benzene rings is 2. The lowest BCUT2D eigenvalue weighted by Gasteiger charge is -2.07. The summed E-state index contributed by atoms with van der Waals surface area (Å²) in [5, 5.41) is 0.647. The molecule has 0 saturated carbocycles. The number of anilines is 1. The zero-order chi connectivity index (χ0) is 13.8. The van der Waals surface area contributed by atoms with Gasteiger partial charge in [0.05, 0.1) is 5.56 Å². The topological polar surface area (TPSA) is 52.3 Å². The molecule has 0 aromatic heterocycles. The van der Waals surface area contributed by atoms with Crippen molar-refractivity contribution in [2.45, 2.75) is 6.61 Å². The van der Waals surface area contributed by atoms with Crippen molar-refractivity contribution in [2.75, 3.05) is 5.73 Å². The molecule has 0 bridgehead atoms. The highest BCUT2D eigenvalue weighted by atomic mass is 79.9. The van der Waals surface area contributed by atoms with Gasteiger partial charge in [-0.1, -0.05) is 23.7 Å². The summed E-state index contributed by atoms with van der Waals surface area (Å²) < 4.78 is 5.88. The Hall–Kier alpha value is -1.52. The minimum absolute atomic E-state index is 0.192. The van der Waals surface area contributed by atoms with Crippen molar-refractivity contribution in [2.24, 2.45) is 0 Å². The smallest absolute Gasteiger partial charge is 0.339 e. The van der Waals surface area contributed by atoms with Crippen LogP contribution >= 0.6 is 27.5 Å². The molecule has 0 atom stereocenters. The summed E-state index contributed by atoms with van der Waals surface area (Å²) in [5.41, 5.74) is 7.45. The Kier molecular flexibility index (Phi) is 4.45. The van der Waals surface area contributed by atoms with Gasteiger partial charge >= 0.3 is 5.97 Å². The first-order valence-corrected chi connectivity index (χ1v) is 6.70. The van der Waals surface area contributed by atoms with Crippen LogP contribution in [0.15, 0.2) is 46.9 Å². The van der Waals surface area contributed by atoms with Crippen LogP contribution in [0.25, 0.3) is 0 Å². The van der Waals surface area contributed by atoms with Gasteiger partial charge in [-0.25, -0.2) is 4.79 Å². The molecule has 2 aromatic carbocycles. The van der Waals surface area contributed by atoms with Crippen molar-refractivity contribution in [1.29, 1.82) is 0 Å². The molecule has 0 aliphatic carbocycles. The number of rotatable bonds is 3. The van der Waals surface area contributed by atoms with E-state index in [0.717, 1.165) is 5.56 Å². The maximum Gasteiger partial charge on any atom is 0.339 e. The molecule has 2 N–H and O–H groups in total. The van der Waals surface area contributed by atoms with Gasteiger partial charge in [0.25, 0.3) is 0 Å². The SMILES string of the molecule is Nc1ccc(Br)c(C(=O)OCc2ccc(Cl)cc2)c1. The Bertz CT molecular complexity index is 599. The number of ether oxygens (including phenoxy) is 1. The van der Waals surface area contributed by atoms with Crippen LogP contribution in [0.2, 0.25) is 5.02 Å². The standard InChI is InChI=1S/C14H11BrClNO2/c15-13-6-5-11(17)7-12(13)14(18)19-8-9-1-3-10(16)4-2-9/h1-7H,8,17H2. The summed E-state index contributed by atoms with van der Waals surface area (Å²) in [4.78, 5) is 11.9. The predicted octanol–water partition coefficient (Wildman–Crippen LogP) is 4.04. The number of esters is 1. The Labute approximate surface area is 124 Å². The first kappa shape index (κ1) is 13.9. The molecule has 3 nitrogen and oxygen atoms in total. The van der Waals surface area contributed by atoms with Gasteiger partial charge in [-0.15, -0.1) is 0 Å². The van der Waals surface area contributed by atoms with Gasteiger partial charge in [0.2, 0.25) is 0 Å². The first-order valence-electron chi connectivity index (χ1n) is 5.53. The molecule has 0 spiro atoms. The Morgan fingerprint density at radius 3 is 2.58 bits per heavy atom. The number of hydrogen-bond donors (Lipinski definition) is 1. The van der Waals surface area contributed by atoms with Crippen LogP contribution in [-0.2, 0) is 11.3 Å². The molecule has 0 radical (unpaired) electrons. The van der Waals surface area contributed by atoms with Crippen LogP contribution in [0.1, 0.15) is 15.9 Å². The maximum atomic E-state index is 11.9. The maximum absolute atomic E-state index is 11.9. The molecule has 0 aliphatic heterocycles. The molecular formula is C14H11BrClNO2. The summed E-state index contributed by atoms with van der Waals surface area (Å²) >= 11 is 9.07. The number of carbonyl (C=O) groups excluding carboxylic acids is 1. The molecule has 98 valence electrons. The lowest BCUT2D eigenvalue weighted by Crippen LogP contribution is -2.06. The summed E-state index contributed by atoms with van der Waals surface area (Å²) in [6.07, 6.45) is 0. The average Bonchev–Trinajstić information content (AvgIpc) is 2.40.